The zero-order valence-electron chi connectivity index (χ0n) is 17.6. The van der Waals surface area contributed by atoms with Crippen LogP contribution in [0, 0.1) is 6.92 Å². The predicted octanol–water partition coefficient (Wildman–Crippen LogP) is 4.40. The fraction of sp³-hybridized carbons (Fsp3) is 0.391. The smallest absolute Gasteiger partial charge is 0.244 e. The number of nitrogens with zero attached hydrogens (tertiary/aromatic N) is 3. The van der Waals surface area contributed by atoms with Gasteiger partial charge in [0, 0.05) is 36.8 Å². The number of benzene rings is 2. The summed E-state index contributed by atoms with van der Waals surface area (Å²) < 4.78 is 2.03. The molecular weight excluding hydrogens is 412 g/mol. The van der Waals surface area contributed by atoms with E-state index in [0.29, 0.717) is 0 Å². The second-order valence-corrected chi connectivity index (χ2v) is 9.71. The lowest BCUT2D eigenvalue weighted by Gasteiger charge is -2.26. The summed E-state index contributed by atoms with van der Waals surface area (Å²) >= 11 is 3.74. The Balaban J connectivity index is 1.45. The standard InChI is InChI=1S/C23H28N4OS2/c1-17-13-18(14-26-9-11-30-12-10-26)7-8-19(17)25-23(28)15-27-21-6-4-3-5-20(21)24-22(27)16-29-2/h3-8,13H,9-12,14-16H2,1-2H3,(H,25,28). The number of para-hydroxylation sites is 2. The van der Waals surface area contributed by atoms with E-state index in [9.17, 15) is 4.79 Å². The Labute approximate surface area is 186 Å². The van der Waals surface area contributed by atoms with Crippen molar-refractivity contribution < 1.29 is 4.79 Å². The molecule has 1 aromatic heterocycles. The Morgan fingerprint density at radius 2 is 2.00 bits per heavy atom. The van der Waals surface area contributed by atoms with Crippen LogP contribution in [0.1, 0.15) is 17.0 Å². The van der Waals surface area contributed by atoms with Gasteiger partial charge in [-0.2, -0.15) is 23.5 Å². The lowest BCUT2D eigenvalue weighted by atomic mass is 10.1. The number of rotatable bonds is 7. The van der Waals surface area contributed by atoms with E-state index in [1.165, 1.54) is 17.1 Å². The third-order valence-corrected chi connectivity index (χ3v) is 6.87. The molecule has 1 aliphatic heterocycles. The molecule has 4 rings (SSSR count). The molecule has 1 amide bonds. The average molecular weight is 441 g/mol. The van der Waals surface area contributed by atoms with Gasteiger partial charge in [0.25, 0.3) is 0 Å². The highest BCUT2D eigenvalue weighted by molar-refractivity contribution is 7.99. The fourth-order valence-electron chi connectivity index (χ4n) is 3.86. The third kappa shape index (κ3) is 5.02. The predicted molar refractivity (Wildman–Crippen MR) is 129 cm³/mol. The number of imidazole rings is 1. The van der Waals surface area contributed by atoms with Crippen LogP contribution in [0.3, 0.4) is 0 Å². The topological polar surface area (TPSA) is 50.2 Å². The molecule has 3 aromatic rings. The molecule has 0 radical (unpaired) electrons. The van der Waals surface area contributed by atoms with Crippen molar-refractivity contribution in [3.8, 4) is 0 Å². The normalized spacial score (nSPS) is 14.9. The summed E-state index contributed by atoms with van der Waals surface area (Å²) in [5.74, 6) is 4.13. The van der Waals surface area contributed by atoms with Gasteiger partial charge in [0.1, 0.15) is 12.4 Å². The monoisotopic (exact) mass is 440 g/mol. The highest BCUT2D eigenvalue weighted by atomic mass is 32.2. The van der Waals surface area contributed by atoms with Gasteiger partial charge in [-0.1, -0.05) is 24.3 Å². The highest BCUT2D eigenvalue weighted by Gasteiger charge is 2.15. The number of carbonyl (C=O) groups excluding carboxylic acids is 1. The van der Waals surface area contributed by atoms with E-state index in [4.69, 9.17) is 4.98 Å². The first-order valence-corrected chi connectivity index (χ1v) is 12.8. The number of fused-ring (bicyclic) bond motifs is 1. The summed E-state index contributed by atoms with van der Waals surface area (Å²) in [6.07, 6.45) is 2.05. The number of nitrogens with one attached hydrogen (secondary N) is 1. The lowest BCUT2D eigenvalue weighted by Crippen LogP contribution is -2.32. The Morgan fingerprint density at radius 3 is 2.77 bits per heavy atom. The van der Waals surface area contributed by atoms with Crippen LogP contribution in [-0.4, -0.2) is 51.2 Å². The van der Waals surface area contributed by atoms with Crippen LogP contribution in [0.25, 0.3) is 11.0 Å². The molecule has 7 heteroatoms. The average Bonchev–Trinajstić information content (AvgIpc) is 3.08. The lowest BCUT2D eigenvalue weighted by molar-refractivity contribution is -0.116. The van der Waals surface area contributed by atoms with Gasteiger partial charge in [-0.15, -0.1) is 0 Å². The van der Waals surface area contributed by atoms with Crippen molar-refractivity contribution >= 4 is 46.2 Å². The minimum Gasteiger partial charge on any atom is -0.324 e. The van der Waals surface area contributed by atoms with E-state index >= 15 is 0 Å². The molecule has 158 valence electrons. The molecule has 0 aliphatic carbocycles. The largest absolute Gasteiger partial charge is 0.324 e. The molecule has 0 spiro atoms. The van der Waals surface area contributed by atoms with E-state index in [1.54, 1.807) is 11.8 Å². The van der Waals surface area contributed by atoms with Gasteiger partial charge in [0.15, 0.2) is 0 Å². The van der Waals surface area contributed by atoms with Crippen LogP contribution < -0.4 is 5.32 Å². The van der Waals surface area contributed by atoms with Crippen molar-refractivity contribution in [2.24, 2.45) is 0 Å². The summed E-state index contributed by atoms with van der Waals surface area (Å²) in [7, 11) is 0. The van der Waals surface area contributed by atoms with Crippen molar-refractivity contribution in [2.75, 3.05) is 36.2 Å². The quantitative estimate of drug-likeness (QED) is 0.590. The molecule has 0 atom stereocenters. The van der Waals surface area contributed by atoms with Gasteiger partial charge >= 0.3 is 0 Å². The van der Waals surface area contributed by atoms with Crippen molar-refractivity contribution in [2.45, 2.75) is 25.8 Å². The second-order valence-electron chi connectivity index (χ2n) is 7.62. The maximum atomic E-state index is 12.9. The van der Waals surface area contributed by atoms with Crippen molar-refractivity contribution in [1.82, 2.24) is 14.5 Å². The third-order valence-electron chi connectivity index (χ3n) is 5.38. The second kappa shape index (κ2) is 9.90. The molecule has 2 heterocycles. The fourth-order valence-corrected chi connectivity index (χ4v) is 5.31. The van der Waals surface area contributed by atoms with E-state index in [0.717, 1.165) is 53.5 Å². The Kier molecular flexibility index (Phi) is 7.02. The first-order valence-electron chi connectivity index (χ1n) is 10.3. The molecule has 1 aliphatic rings. The number of thioether (sulfide) groups is 2. The number of hydrogen-bond acceptors (Lipinski definition) is 5. The highest BCUT2D eigenvalue weighted by Crippen LogP contribution is 2.21. The maximum absolute atomic E-state index is 12.9. The number of anilines is 1. The van der Waals surface area contributed by atoms with Gasteiger partial charge in [-0.25, -0.2) is 4.98 Å². The van der Waals surface area contributed by atoms with Gasteiger partial charge in [0.05, 0.1) is 16.8 Å². The zero-order chi connectivity index (χ0) is 20.9. The van der Waals surface area contributed by atoms with E-state index in [1.807, 2.05) is 46.7 Å². The minimum atomic E-state index is -0.0237. The Morgan fingerprint density at radius 1 is 1.20 bits per heavy atom. The SMILES string of the molecule is CSCc1nc2ccccc2n1CC(=O)Nc1ccc(CN2CCSCC2)cc1C. The van der Waals surface area contributed by atoms with E-state index in [-0.39, 0.29) is 12.5 Å². The van der Waals surface area contributed by atoms with E-state index in [2.05, 4.69) is 35.5 Å². The molecule has 5 nitrogen and oxygen atoms in total. The van der Waals surface area contributed by atoms with Crippen molar-refractivity contribution in [1.29, 1.82) is 0 Å². The minimum absolute atomic E-state index is 0.0237. The maximum Gasteiger partial charge on any atom is 0.244 e. The van der Waals surface area contributed by atoms with Crippen molar-refractivity contribution in [3.63, 3.8) is 0 Å². The summed E-state index contributed by atoms with van der Waals surface area (Å²) in [6.45, 7) is 5.62. The summed E-state index contributed by atoms with van der Waals surface area (Å²) in [6, 6.07) is 14.4. The summed E-state index contributed by atoms with van der Waals surface area (Å²) in [4.78, 5) is 20.1. The summed E-state index contributed by atoms with van der Waals surface area (Å²) in [5.41, 5.74) is 5.23. The number of amides is 1. The zero-order valence-corrected chi connectivity index (χ0v) is 19.2. The number of aromatic nitrogens is 2. The van der Waals surface area contributed by atoms with Crippen LogP contribution in [0.4, 0.5) is 5.69 Å². The molecule has 2 aromatic carbocycles. The molecular formula is C23H28N4OS2. The summed E-state index contributed by atoms with van der Waals surface area (Å²) in [5, 5.41) is 3.10. The number of aryl methyl sites for hydroxylation is 1. The van der Waals surface area contributed by atoms with E-state index < -0.39 is 0 Å². The molecule has 1 fully saturated rings. The van der Waals surface area contributed by atoms with Crippen LogP contribution in [0.2, 0.25) is 0 Å². The molecule has 0 unspecified atom stereocenters. The van der Waals surface area contributed by atoms with Gasteiger partial charge in [-0.3, -0.25) is 9.69 Å². The van der Waals surface area contributed by atoms with Crippen LogP contribution in [0.5, 0.6) is 0 Å². The molecule has 30 heavy (non-hydrogen) atoms. The molecule has 0 bridgehead atoms. The van der Waals surface area contributed by atoms with Crippen molar-refractivity contribution in [3.05, 3.63) is 59.4 Å². The molecule has 0 saturated carbocycles. The van der Waals surface area contributed by atoms with Crippen LogP contribution in [-0.2, 0) is 23.6 Å². The first-order chi connectivity index (χ1) is 14.6. The number of carbonyl (C=O) groups is 1. The molecule has 1 N–H and O–H groups in total. The molecule has 1 saturated heterocycles. The Bertz CT molecular complexity index is 1030. The Hall–Kier alpha value is -1.96. The van der Waals surface area contributed by atoms with Gasteiger partial charge < -0.3 is 9.88 Å². The van der Waals surface area contributed by atoms with Crippen LogP contribution >= 0.6 is 23.5 Å². The number of hydrogen-bond donors (Lipinski definition) is 1. The van der Waals surface area contributed by atoms with Gasteiger partial charge in [0.2, 0.25) is 5.91 Å². The van der Waals surface area contributed by atoms with Crippen LogP contribution in [0.15, 0.2) is 42.5 Å². The van der Waals surface area contributed by atoms with Gasteiger partial charge in [-0.05, 0) is 42.5 Å². The first kappa shape index (κ1) is 21.3.